The molecule has 1 aliphatic carbocycles. The number of aliphatic imine (C=N–C) groups is 1. The minimum atomic E-state index is -0.454. The highest BCUT2D eigenvalue weighted by Gasteiger charge is 2.35. The summed E-state index contributed by atoms with van der Waals surface area (Å²) in [6.07, 6.45) is 3.57. The lowest BCUT2D eigenvalue weighted by Crippen LogP contribution is -2.51. The Bertz CT molecular complexity index is 1170. The Kier molecular flexibility index (Phi) is 7.14. The fourth-order valence-electron chi connectivity index (χ4n) is 5.00. The van der Waals surface area contributed by atoms with Crippen molar-refractivity contribution in [2.24, 2.45) is 4.99 Å². The van der Waals surface area contributed by atoms with E-state index >= 15 is 0 Å². The number of benzene rings is 1. The number of allylic oxidation sites excluding steroid dienone is 2. The molecule has 3 N–H and O–H groups in total. The fourth-order valence-corrected chi connectivity index (χ4v) is 5.09. The standard InChI is InChI=1S/C26H31ClFN5O3/c1-14-24(27)15(2)31-25(30-14)21-12-33(13-22(21)29)26(34)20-4-3-16(28)9-23(20)36-19-10-18(11-19)32-17-5-7-35-8-6-17/h3-4,9,17-19,29-30,32H,5-8,10-13H2,1-2H3/b25-21+,29-22?. The van der Waals surface area contributed by atoms with Gasteiger partial charge in [-0.1, -0.05) is 11.6 Å². The number of carbonyl (C=O) groups is 1. The Labute approximate surface area is 215 Å². The summed E-state index contributed by atoms with van der Waals surface area (Å²) < 4.78 is 25.6. The van der Waals surface area contributed by atoms with E-state index in [-0.39, 0.29) is 30.9 Å². The van der Waals surface area contributed by atoms with Crippen LogP contribution in [0.25, 0.3) is 0 Å². The van der Waals surface area contributed by atoms with Crippen LogP contribution in [0.4, 0.5) is 4.39 Å². The third-order valence-corrected chi connectivity index (χ3v) is 7.68. The van der Waals surface area contributed by atoms with Crippen LogP contribution in [0, 0.1) is 11.2 Å². The Morgan fingerprint density at radius 3 is 2.72 bits per heavy atom. The second kappa shape index (κ2) is 10.3. The second-order valence-electron chi connectivity index (χ2n) is 9.83. The summed E-state index contributed by atoms with van der Waals surface area (Å²) in [6, 6.07) is 4.83. The monoisotopic (exact) mass is 515 g/mol. The van der Waals surface area contributed by atoms with E-state index < -0.39 is 5.82 Å². The maximum atomic E-state index is 14.1. The van der Waals surface area contributed by atoms with Gasteiger partial charge in [0, 0.05) is 42.6 Å². The number of nitrogens with zero attached hydrogens (tertiary/aromatic N) is 2. The van der Waals surface area contributed by atoms with E-state index in [1.54, 1.807) is 11.8 Å². The molecule has 10 heteroatoms. The summed E-state index contributed by atoms with van der Waals surface area (Å²) >= 11 is 6.22. The molecule has 0 radical (unpaired) electrons. The van der Waals surface area contributed by atoms with Crippen molar-refractivity contribution in [3.8, 4) is 5.75 Å². The van der Waals surface area contributed by atoms with Gasteiger partial charge in [-0.2, -0.15) is 0 Å². The zero-order valence-electron chi connectivity index (χ0n) is 20.5. The topological polar surface area (TPSA) is 99.0 Å². The van der Waals surface area contributed by atoms with Crippen LogP contribution in [0.2, 0.25) is 0 Å². The molecule has 0 aromatic heterocycles. The smallest absolute Gasteiger partial charge is 0.258 e. The number of carbonyl (C=O) groups excluding carboxylic acids is 1. The van der Waals surface area contributed by atoms with Crippen LogP contribution in [0.15, 0.2) is 45.3 Å². The van der Waals surface area contributed by atoms with Gasteiger partial charge in [0.2, 0.25) is 0 Å². The molecule has 4 aliphatic rings. The van der Waals surface area contributed by atoms with Gasteiger partial charge in [-0.15, -0.1) is 0 Å². The number of amides is 1. The molecule has 2 saturated heterocycles. The maximum absolute atomic E-state index is 14.1. The van der Waals surface area contributed by atoms with Crippen molar-refractivity contribution < 1.29 is 18.7 Å². The lowest BCUT2D eigenvalue weighted by molar-refractivity contribution is 0.0464. The first-order chi connectivity index (χ1) is 17.3. The Balaban J connectivity index is 1.25. The number of ether oxygens (including phenoxy) is 2. The van der Waals surface area contributed by atoms with Crippen molar-refractivity contribution in [1.82, 2.24) is 15.5 Å². The van der Waals surface area contributed by atoms with Crippen molar-refractivity contribution in [2.75, 3.05) is 26.3 Å². The normalized spacial score (nSPS) is 27.1. The van der Waals surface area contributed by atoms with Gasteiger partial charge in [0.1, 0.15) is 23.5 Å². The summed E-state index contributed by atoms with van der Waals surface area (Å²) in [5.74, 6) is 0.0219. The summed E-state index contributed by atoms with van der Waals surface area (Å²) in [6.45, 7) is 5.59. The van der Waals surface area contributed by atoms with E-state index in [0.717, 1.165) is 44.6 Å². The molecule has 1 aromatic carbocycles. The number of nitrogens with one attached hydrogen (secondary N) is 3. The lowest BCUT2D eigenvalue weighted by atomic mass is 9.88. The third kappa shape index (κ3) is 5.19. The van der Waals surface area contributed by atoms with E-state index in [0.29, 0.717) is 45.5 Å². The molecule has 8 nitrogen and oxygen atoms in total. The lowest BCUT2D eigenvalue weighted by Gasteiger charge is -2.39. The van der Waals surface area contributed by atoms with E-state index in [2.05, 4.69) is 15.6 Å². The number of rotatable bonds is 5. The van der Waals surface area contributed by atoms with Crippen molar-refractivity contribution >= 4 is 28.9 Å². The molecule has 36 heavy (non-hydrogen) atoms. The molecule has 0 unspecified atom stereocenters. The van der Waals surface area contributed by atoms with Crippen LogP contribution in [0.1, 0.15) is 49.9 Å². The molecule has 0 atom stereocenters. The van der Waals surface area contributed by atoms with E-state index in [1.807, 2.05) is 6.92 Å². The average molecular weight is 516 g/mol. The van der Waals surface area contributed by atoms with Gasteiger partial charge in [-0.3, -0.25) is 4.79 Å². The maximum Gasteiger partial charge on any atom is 0.258 e. The zero-order valence-corrected chi connectivity index (χ0v) is 21.3. The predicted octanol–water partition coefficient (Wildman–Crippen LogP) is 3.73. The molecular weight excluding hydrogens is 485 g/mol. The van der Waals surface area contributed by atoms with Crippen molar-refractivity contribution in [3.63, 3.8) is 0 Å². The number of halogens is 2. The molecule has 3 heterocycles. The van der Waals surface area contributed by atoms with Gasteiger partial charge >= 0.3 is 0 Å². The fraction of sp³-hybridized carbons (Fsp3) is 0.500. The molecule has 3 fully saturated rings. The van der Waals surface area contributed by atoms with Gasteiger partial charge in [0.05, 0.1) is 35.1 Å². The summed E-state index contributed by atoms with van der Waals surface area (Å²) in [4.78, 5) is 19.5. The highest BCUT2D eigenvalue weighted by Crippen LogP contribution is 2.32. The molecule has 3 aliphatic heterocycles. The highest BCUT2D eigenvalue weighted by atomic mass is 35.5. The molecular formula is C26H31ClFN5O3. The van der Waals surface area contributed by atoms with Crippen molar-refractivity contribution in [3.05, 3.63) is 51.7 Å². The highest BCUT2D eigenvalue weighted by molar-refractivity contribution is 6.43. The summed E-state index contributed by atoms with van der Waals surface area (Å²) in [7, 11) is 0. The van der Waals surface area contributed by atoms with E-state index in [1.165, 1.54) is 18.2 Å². The zero-order chi connectivity index (χ0) is 25.4. The number of hydrogen-bond donors (Lipinski definition) is 3. The van der Waals surface area contributed by atoms with Gasteiger partial charge in [0.15, 0.2) is 0 Å². The molecule has 192 valence electrons. The van der Waals surface area contributed by atoms with E-state index in [9.17, 15) is 9.18 Å². The van der Waals surface area contributed by atoms with Crippen molar-refractivity contribution in [1.29, 1.82) is 5.41 Å². The molecule has 0 bridgehead atoms. The van der Waals surface area contributed by atoms with Gasteiger partial charge in [-0.05, 0) is 51.7 Å². The molecule has 0 spiro atoms. The third-order valence-electron chi connectivity index (χ3n) is 7.12. The Hall–Kier alpha value is -2.75. The first-order valence-electron chi connectivity index (χ1n) is 12.4. The molecule has 5 rings (SSSR count). The van der Waals surface area contributed by atoms with Gasteiger partial charge in [-0.25, -0.2) is 9.38 Å². The first-order valence-corrected chi connectivity index (χ1v) is 12.8. The first kappa shape index (κ1) is 24.9. The number of hydrogen-bond acceptors (Lipinski definition) is 7. The van der Waals surface area contributed by atoms with Crippen LogP contribution in [-0.2, 0) is 4.74 Å². The van der Waals surface area contributed by atoms with Crippen LogP contribution in [0.3, 0.4) is 0 Å². The minimum Gasteiger partial charge on any atom is -0.489 e. The summed E-state index contributed by atoms with van der Waals surface area (Å²) in [5.41, 5.74) is 2.65. The van der Waals surface area contributed by atoms with Crippen LogP contribution in [0.5, 0.6) is 5.75 Å². The summed E-state index contributed by atoms with van der Waals surface area (Å²) in [5, 5.41) is 15.8. The Morgan fingerprint density at radius 2 is 2.00 bits per heavy atom. The Morgan fingerprint density at radius 1 is 1.25 bits per heavy atom. The minimum absolute atomic E-state index is 0.0755. The molecule has 1 saturated carbocycles. The average Bonchev–Trinajstić information content (AvgIpc) is 3.23. The van der Waals surface area contributed by atoms with Crippen LogP contribution < -0.4 is 15.4 Å². The quantitative estimate of drug-likeness (QED) is 0.555. The van der Waals surface area contributed by atoms with Crippen LogP contribution in [-0.4, -0.2) is 66.7 Å². The molecule has 1 aromatic rings. The van der Waals surface area contributed by atoms with Gasteiger partial charge < -0.3 is 30.4 Å². The largest absolute Gasteiger partial charge is 0.489 e. The van der Waals surface area contributed by atoms with Crippen LogP contribution >= 0.6 is 11.6 Å². The van der Waals surface area contributed by atoms with Crippen molar-refractivity contribution in [2.45, 2.75) is 57.7 Å². The predicted molar refractivity (Wildman–Crippen MR) is 136 cm³/mol. The van der Waals surface area contributed by atoms with E-state index in [4.69, 9.17) is 26.5 Å². The van der Waals surface area contributed by atoms with Gasteiger partial charge in [0.25, 0.3) is 5.91 Å². The molecule has 1 amide bonds. The SMILES string of the molecule is CC1=N/C(=C2\CN(C(=O)c3ccc(F)cc3OC3CC(NC4CCOCC4)C3)CC2=N)NC(C)=C1Cl. The number of likely N-dealkylation sites (tertiary alicyclic amines) is 1. The second-order valence-corrected chi connectivity index (χ2v) is 10.2.